The average Bonchev–Trinajstić information content (AvgIpc) is 2.15. The highest BCUT2D eigenvalue weighted by Crippen LogP contribution is 2.28. The van der Waals surface area contributed by atoms with E-state index < -0.39 is 9.05 Å². The van der Waals surface area contributed by atoms with Gasteiger partial charge in [-0.25, -0.2) is 8.42 Å². The van der Waals surface area contributed by atoms with Crippen LogP contribution in [0.15, 0.2) is 35.7 Å². The molecule has 82 valence electrons. The average molecular weight is 267 g/mol. The summed E-state index contributed by atoms with van der Waals surface area (Å²) < 4.78 is 27.3. The van der Waals surface area contributed by atoms with E-state index in [1.807, 2.05) is 0 Å². The van der Waals surface area contributed by atoms with E-state index in [0.717, 1.165) is 0 Å². The Morgan fingerprint density at radius 3 is 2.67 bits per heavy atom. The van der Waals surface area contributed by atoms with Crippen LogP contribution < -0.4 is 4.74 Å². The van der Waals surface area contributed by atoms with Crippen molar-refractivity contribution in [3.63, 3.8) is 0 Å². The number of ether oxygens (including phenoxy) is 1. The molecule has 0 aromatic heterocycles. The third kappa shape index (κ3) is 3.41. The molecule has 6 heteroatoms. The maximum Gasteiger partial charge on any atom is 0.262 e. The fraction of sp³-hybridized carbons (Fsp3) is 0.111. The zero-order chi connectivity index (χ0) is 11.5. The second-order valence-electron chi connectivity index (χ2n) is 2.63. The predicted octanol–water partition coefficient (Wildman–Crippen LogP) is 2.83. The fourth-order valence-electron chi connectivity index (χ4n) is 0.915. The van der Waals surface area contributed by atoms with E-state index in [2.05, 4.69) is 6.58 Å². The molecule has 0 bridgehead atoms. The lowest BCUT2D eigenvalue weighted by Crippen LogP contribution is -1.96. The highest BCUT2D eigenvalue weighted by Gasteiger charge is 2.15. The second kappa shape index (κ2) is 4.88. The summed E-state index contributed by atoms with van der Waals surface area (Å²) in [5.74, 6) is 0.374. The lowest BCUT2D eigenvalue weighted by molar-refractivity contribution is 0.362. The van der Waals surface area contributed by atoms with Crippen molar-refractivity contribution in [1.82, 2.24) is 0 Å². The highest BCUT2D eigenvalue weighted by molar-refractivity contribution is 8.13. The summed E-state index contributed by atoms with van der Waals surface area (Å²) in [5.41, 5.74) is 0. The molecule has 0 heterocycles. The lowest BCUT2D eigenvalue weighted by Gasteiger charge is -2.05. The Kier molecular flexibility index (Phi) is 4.02. The van der Waals surface area contributed by atoms with Crippen LogP contribution in [-0.2, 0) is 9.05 Å². The first-order valence-electron chi connectivity index (χ1n) is 3.93. The van der Waals surface area contributed by atoms with Gasteiger partial charge < -0.3 is 4.74 Å². The first-order chi connectivity index (χ1) is 6.95. The minimum Gasteiger partial charge on any atom is -0.490 e. The van der Waals surface area contributed by atoms with Crippen molar-refractivity contribution in [2.45, 2.75) is 4.90 Å². The smallest absolute Gasteiger partial charge is 0.262 e. The molecular weight excluding hydrogens is 259 g/mol. The van der Waals surface area contributed by atoms with E-state index in [4.69, 9.17) is 27.0 Å². The Morgan fingerprint density at radius 2 is 2.13 bits per heavy atom. The van der Waals surface area contributed by atoms with Gasteiger partial charge in [-0.1, -0.05) is 24.3 Å². The van der Waals surface area contributed by atoms with E-state index >= 15 is 0 Å². The van der Waals surface area contributed by atoms with Crippen LogP contribution >= 0.6 is 22.3 Å². The van der Waals surface area contributed by atoms with Crippen LogP contribution in [0.5, 0.6) is 5.75 Å². The van der Waals surface area contributed by atoms with Crippen molar-refractivity contribution in [1.29, 1.82) is 0 Å². The van der Waals surface area contributed by atoms with Gasteiger partial charge in [0, 0.05) is 16.7 Å². The molecule has 0 atom stereocenters. The first-order valence-corrected chi connectivity index (χ1v) is 6.62. The van der Waals surface area contributed by atoms with Crippen LogP contribution in [0.2, 0.25) is 5.02 Å². The zero-order valence-corrected chi connectivity index (χ0v) is 9.94. The van der Waals surface area contributed by atoms with E-state index in [-0.39, 0.29) is 16.5 Å². The molecule has 0 aliphatic heterocycles. The Morgan fingerprint density at radius 1 is 1.47 bits per heavy atom. The molecule has 0 aliphatic carbocycles. The van der Waals surface area contributed by atoms with Gasteiger partial charge in [0.2, 0.25) is 0 Å². The van der Waals surface area contributed by atoms with Gasteiger partial charge in [0.25, 0.3) is 9.05 Å². The van der Waals surface area contributed by atoms with E-state index in [0.29, 0.717) is 5.75 Å². The first kappa shape index (κ1) is 12.4. The Labute approximate surface area is 97.7 Å². The Bertz CT molecular complexity index is 468. The summed E-state index contributed by atoms with van der Waals surface area (Å²) in [4.78, 5) is -0.160. The molecule has 0 N–H and O–H groups in total. The topological polar surface area (TPSA) is 43.4 Å². The standard InChI is InChI=1S/C9H8Cl2O3S/c1-2-5-14-7-3-4-8(10)9(6-7)15(11,12)13/h2-4,6H,1,5H2. The third-order valence-electron chi connectivity index (χ3n) is 1.53. The van der Waals surface area contributed by atoms with Gasteiger partial charge >= 0.3 is 0 Å². The maximum atomic E-state index is 11.1. The molecular formula is C9H8Cl2O3S. The minimum absolute atomic E-state index is 0.0657. The molecule has 0 saturated heterocycles. The molecule has 0 spiro atoms. The van der Waals surface area contributed by atoms with Crippen molar-refractivity contribution in [3.8, 4) is 5.75 Å². The molecule has 0 saturated carbocycles. The van der Waals surface area contributed by atoms with Crippen LogP contribution in [0, 0.1) is 0 Å². The van der Waals surface area contributed by atoms with Crippen LogP contribution in [-0.4, -0.2) is 15.0 Å². The molecule has 0 unspecified atom stereocenters. The quantitative estimate of drug-likeness (QED) is 0.622. The van der Waals surface area contributed by atoms with Crippen LogP contribution in [0.4, 0.5) is 0 Å². The number of halogens is 2. The van der Waals surface area contributed by atoms with Crippen LogP contribution in [0.3, 0.4) is 0 Å². The molecule has 15 heavy (non-hydrogen) atoms. The molecule has 3 nitrogen and oxygen atoms in total. The van der Waals surface area contributed by atoms with Crippen molar-refractivity contribution in [3.05, 3.63) is 35.9 Å². The molecule has 0 amide bonds. The van der Waals surface area contributed by atoms with Gasteiger partial charge in [-0.05, 0) is 12.1 Å². The Hall–Kier alpha value is -0.710. The SMILES string of the molecule is C=CCOc1ccc(Cl)c(S(=O)(=O)Cl)c1. The summed E-state index contributed by atoms with van der Waals surface area (Å²) in [5, 5.41) is 0.0657. The van der Waals surface area contributed by atoms with Gasteiger partial charge in [0.15, 0.2) is 0 Å². The van der Waals surface area contributed by atoms with Gasteiger partial charge in [-0.3, -0.25) is 0 Å². The van der Waals surface area contributed by atoms with Crippen molar-refractivity contribution >= 4 is 31.3 Å². The number of hydrogen-bond donors (Lipinski definition) is 0. The van der Waals surface area contributed by atoms with Gasteiger partial charge in [-0.2, -0.15) is 0 Å². The number of rotatable bonds is 4. The van der Waals surface area contributed by atoms with E-state index in [9.17, 15) is 8.42 Å². The summed E-state index contributed by atoms with van der Waals surface area (Å²) in [7, 11) is 1.34. The fourth-order valence-corrected chi connectivity index (χ4v) is 2.40. The maximum absolute atomic E-state index is 11.1. The van der Waals surface area contributed by atoms with Crippen LogP contribution in [0.1, 0.15) is 0 Å². The van der Waals surface area contributed by atoms with Crippen molar-refractivity contribution in [2.75, 3.05) is 6.61 Å². The van der Waals surface area contributed by atoms with Gasteiger partial charge in [0.05, 0.1) is 5.02 Å². The molecule has 1 rings (SSSR count). The predicted molar refractivity (Wildman–Crippen MR) is 60.2 cm³/mol. The van der Waals surface area contributed by atoms with Gasteiger partial charge in [-0.15, -0.1) is 0 Å². The van der Waals surface area contributed by atoms with Crippen LogP contribution in [0.25, 0.3) is 0 Å². The Balaban J connectivity index is 3.11. The summed E-state index contributed by atoms with van der Waals surface area (Å²) >= 11 is 5.68. The van der Waals surface area contributed by atoms with Gasteiger partial charge in [0.1, 0.15) is 17.3 Å². The monoisotopic (exact) mass is 266 g/mol. The van der Waals surface area contributed by atoms with Crippen molar-refractivity contribution in [2.24, 2.45) is 0 Å². The second-order valence-corrected chi connectivity index (χ2v) is 5.57. The van der Waals surface area contributed by atoms with E-state index in [1.165, 1.54) is 12.1 Å². The summed E-state index contributed by atoms with van der Waals surface area (Å²) in [6.07, 6.45) is 1.55. The zero-order valence-electron chi connectivity index (χ0n) is 7.61. The van der Waals surface area contributed by atoms with E-state index in [1.54, 1.807) is 12.1 Å². The molecule has 0 fully saturated rings. The lowest BCUT2D eigenvalue weighted by atomic mass is 10.3. The molecule has 1 aromatic rings. The van der Waals surface area contributed by atoms with Crippen molar-refractivity contribution < 1.29 is 13.2 Å². The molecule has 1 aromatic carbocycles. The highest BCUT2D eigenvalue weighted by atomic mass is 35.7. The normalized spacial score (nSPS) is 11.1. The number of benzene rings is 1. The summed E-state index contributed by atoms with van der Waals surface area (Å²) in [6, 6.07) is 4.24. The number of hydrogen-bond acceptors (Lipinski definition) is 3. The molecule has 0 radical (unpaired) electrons. The third-order valence-corrected chi connectivity index (χ3v) is 3.34. The summed E-state index contributed by atoms with van der Waals surface area (Å²) in [6.45, 7) is 3.75. The molecule has 0 aliphatic rings. The largest absolute Gasteiger partial charge is 0.490 e. The minimum atomic E-state index is -3.85.